The monoisotopic (exact) mass is 254 g/mol. The predicted molar refractivity (Wildman–Crippen MR) is 74.6 cm³/mol. The van der Waals surface area contributed by atoms with Crippen molar-refractivity contribution in [3.63, 3.8) is 0 Å². The molecule has 1 heterocycles. The van der Waals surface area contributed by atoms with E-state index in [0.29, 0.717) is 5.92 Å². The Balaban J connectivity index is 2.13. The van der Waals surface area contributed by atoms with Gasteiger partial charge < -0.3 is 9.84 Å². The van der Waals surface area contributed by atoms with Crippen LogP contribution < -0.4 is 0 Å². The summed E-state index contributed by atoms with van der Waals surface area (Å²) in [6.45, 7) is 7.35. The van der Waals surface area contributed by atoms with E-state index in [1.54, 1.807) is 0 Å². The largest absolute Gasteiger partial charge is 0.389 e. The molecular weight excluding hydrogens is 224 g/mol. The fourth-order valence-corrected chi connectivity index (χ4v) is 4.21. The van der Waals surface area contributed by atoms with Crippen LogP contribution in [0.15, 0.2) is 0 Å². The van der Waals surface area contributed by atoms with Gasteiger partial charge in [0.15, 0.2) is 0 Å². The topological polar surface area (TPSA) is 29.5 Å². The normalized spacial score (nSPS) is 46.0. The van der Waals surface area contributed by atoms with Crippen LogP contribution in [0.4, 0.5) is 0 Å². The van der Waals surface area contributed by atoms with Gasteiger partial charge in [-0.3, -0.25) is 0 Å². The van der Waals surface area contributed by atoms with Crippen LogP contribution in [0.3, 0.4) is 0 Å². The molecule has 1 saturated heterocycles. The second-order valence-corrected chi connectivity index (χ2v) is 6.74. The van der Waals surface area contributed by atoms with Crippen LogP contribution in [0.1, 0.15) is 72.1 Å². The highest BCUT2D eigenvalue weighted by atomic mass is 16.5. The van der Waals surface area contributed by atoms with Gasteiger partial charge in [0.2, 0.25) is 0 Å². The lowest BCUT2D eigenvalue weighted by atomic mass is 9.64. The van der Waals surface area contributed by atoms with Gasteiger partial charge in [0.1, 0.15) is 0 Å². The molecular formula is C16H30O2. The van der Waals surface area contributed by atoms with Crippen LogP contribution in [-0.2, 0) is 4.74 Å². The van der Waals surface area contributed by atoms with E-state index in [1.807, 2.05) is 0 Å². The first kappa shape index (κ1) is 14.3. The molecule has 0 bridgehead atoms. The van der Waals surface area contributed by atoms with Crippen LogP contribution in [0, 0.1) is 11.8 Å². The van der Waals surface area contributed by atoms with Gasteiger partial charge in [-0.25, -0.2) is 0 Å². The average Bonchev–Trinajstić information content (AvgIpc) is 2.38. The number of hydrogen-bond acceptors (Lipinski definition) is 2. The van der Waals surface area contributed by atoms with Crippen LogP contribution in [0.25, 0.3) is 0 Å². The molecule has 4 atom stereocenters. The fourth-order valence-electron chi connectivity index (χ4n) is 4.21. The molecule has 1 aliphatic carbocycles. The van der Waals surface area contributed by atoms with Crippen molar-refractivity contribution in [2.24, 2.45) is 11.8 Å². The summed E-state index contributed by atoms with van der Waals surface area (Å²) in [6.07, 6.45) is 9.07. The van der Waals surface area contributed by atoms with Gasteiger partial charge in [-0.15, -0.1) is 0 Å². The summed E-state index contributed by atoms with van der Waals surface area (Å²) < 4.78 is 5.91. The smallest absolute Gasteiger partial charge is 0.0727 e. The maximum atomic E-state index is 11.2. The molecule has 1 saturated carbocycles. The van der Waals surface area contributed by atoms with Crippen LogP contribution in [-0.4, -0.2) is 22.9 Å². The number of hydrogen-bond donors (Lipinski definition) is 1. The van der Waals surface area contributed by atoms with Gasteiger partial charge in [0.05, 0.1) is 17.8 Å². The van der Waals surface area contributed by atoms with E-state index in [1.165, 1.54) is 32.1 Å². The van der Waals surface area contributed by atoms with Crippen LogP contribution >= 0.6 is 0 Å². The number of ether oxygens (including phenoxy) is 1. The average molecular weight is 254 g/mol. The Morgan fingerprint density at radius 2 is 1.94 bits per heavy atom. The SMILES string of the molecule is CCC1CCCCC1C1(O)CCOC(C)(CC)C1. The Morgan fingerprint density at radius 3 is 2.61 bits per heavy atom. The zero-order chi connectivity index (χ0) is 13.2. The summed E-state index contributed by atoms with van der Waals surface area (Å²) >= 11 is 0. The van der Waals surface area contributed by atoms with Crippen LogP contribution in [0.2, 0.25) is 0 Å². The number of aliphatic hydroxyl groups is 1. The van der Waals surface area contributed by atoms with Crippen molar-refractivity contribution in [3.05, 3.63) is 0 Å². The van der Waals surface area contributed by atoms with Crippen molar-refractivity contribution in [1.82, 2.24) is 0 Å². The first-order chi connectivity index (χ1) is 8.53. The molecule has 2 aliphatic rings. The molecule has 0 aromatic rings. The molecule has 18 heavy (non-hydrogen) atoms. The van der Waals surface area contributed by atoms with Crippen LogP contribution in [0.5, 0.6) is 0 Å². The van der Waals surface area contributed by atoms with Gasteiger partial charge >= 0.3 is 0 Å². The molecule has 1 N–H and O–H groups in total. The van der Waals surface area contributed by atoms with Crippen molar-refractivity contribution in [2.75, 3.05) is 6.61 Å². The molecule has 2 nitrogen and oxygen atoms in total. The number of rotatable bonds is 3. The Labute approximate surface area is 112 Å². The second-order valence-electron chi connectivity index (χ2n) is 6.74. The van der Waals surface area contributed by atoms with E-state index in [4.69, 9.17) is 4.74 Å². The lowest BCUT2D eigenvalue weighted by Crippen LogP contribution is -2.53. The minimum absolute atomic E-state index is 0.108. The van der Waals surface area contributed by atoms with E-state index in [2.05, 4.69) is 20.8 Å². The molecule has 2 fully saturated rings. The summed E-state index contributed by atoms with van der Waals surface area (Å²) in [4.78, 5) is 0. The zero-order valence-corrected chi connectivity index (χ0v) is 12.4. The minimum Gasteiger partial charge on any atom is -0.389 e. The quantitative estimate of drug-likeness (QED) is 0.827. The lowest BCUT2D eigenvalue weighted by Gasteiger charge is -2.50. The highest BCUT2D eigenvalue weighted by Crippen LogP contribution is 2.47. The minimum atomic E-state index is -0.468. The molecule has 0 amide bonds. The van der Waals surface area contributed by atoms with Crippen molar-refractivity contribution in [1.29, 1.82) is 0 Å². The summed E-state index contributed by atoms with van der Waals surface area (Å²) in [5, 5.41) is 11.2. The highest BCUT2D eigenvalue weighted by Gasteiger charge is 2.48. The first-order valence-corrected chi connectivity index (χ1v) is 7.89. The molecule has 1 aliphatic heterocycles. The maximum absolute atomic E-state index is 11.2. The Hall–Kier alpha value is -0.0800. The first-order valence-electron chi connectivity index (χ1n) is 7.89. The van der Waals surface area contributed by atoms with Crippen molar-refractivity contribution >= 4 is 0 Å². The maximum Gasteiger partial charge on any atom is 0.0727 e. The third-order valence-electron chi connectivity index (χ3n) is 5.54. The molecule has 0 aromatic heterocycles. The predicted octanol–water partition coefficient (Wildman–Crippen LogP) is 3.91. The molecule has 0 aromatic carbocycles. The van der Waals surface area contributed by atoms with E-state index < -0.39 is 5.60 Å². The van der Waals surface area contributed by atoms with E-state index in [0.717, 1.165) is 31.8 Å². The lowest BCUT2D eigenvalue weighted by molar-refractivity contribution is -0.186. The van der Waals surface area contributed by atoms with Crippen molar-refractivity contribution in [2.45, 2.75) is 83.3 Å². The van der Waals surface area contributed by atoms with Gasteiger partial charge in [-0.2, -0.15) is 0 Å². The molecule has 106 valence electrons. The van der Waals surface area contributed by atoms with E-state index >= 15 is 0 Å². The summed E-state index contributed by atoms with van der Waals surface area (Å²) in [5.41, 5.74) is -0.577. The zero-order valence-electron chi connectivity index (χ0n) is 12.4. The molecule has 2 heteroatoms. The Morgan fingerprint density at radius 1 is 1.22 bits per heavy atom. The fraction of sp³-hybridized carbons (Fsp3) is 1.00. The third-order valence-corrected chi connectivity index (χ3v) is 5.54. The summed E-state index contributed by atoms with van der Waals surface area (Å²) in [5.74, 6) is 1.23. The van der Waals surface area contributed by atoms with E-state index in [9.17, 15) is 5.11 Å². The Kier molecular flexibility index (Phi) is 4.38. The molecule has 2 rings (SSSR count). The van der Waals surface area contributed by atoms with Gasteiger partial charge in [-0.05, 0) is 38.0 Å². The third kappa shape index (κ3) is 2.75. The van der Waals surface area contributed by atoms with Crippen molar-refractivity contribution in [3.8, 4) is 0 Å². The Bertz CT molecular complexity index is 278. The van der Waals surface area contributed by atoms with Crippen molar-refractivity contribution < 1.29 is 9.84 Å². The highest BCUT2D eigenvalue weighted by molar-refractivity contribution is 4.99. The summed E-state index contributed by atoms with van der Waals surface area (Å²) in [6, 6.07) is 0. The van der Waals surface area contributed by atoms with Gasteiger partial charge in [-0.1, -0.05) is 39.5 Å². The van der Waals surface area contributed by atoms with Gasteiger partial charge in [0.25, 0.3) is 0 Å². The molecule has 4 unspecified atom stereocenters. The van der Waals surface area contributed by atoms with Gasteiger partial charge in [0, 0.05) is 6.42 Å². The molecule has 0 radical (unpaired) electrons. The summed E-state index contributed by atoms with van der Waals surface area (Å²) in [7, 11) is 0. The molecule has 0 spiro atoms. The standard InChI is InChI=1S/C16H30O2/c1-4-13-8-6-7-9-14(13)16(17)10-11-18-15(3,5-2)12-16/h13-14,17H,4-12H2,1-3H3. The van der Waals surface area contributed by atoms with E-state index in [-0.39, 0.29) is 5.60 Å². The second kappa shape index (κ2) is 5.50.